The zero-order valence-corrected chi connectivity index (χ0v) is 16.8. The minimum Gasteiger partial charge on any atom is -0.490 e. The molecule has 1 aliphatic rings. The van der Waals surface area contributed by atoms with Crippen molar-refractivity contribution in [1.82, 2.24) is 29.3 Å². The lowest BCUT2D eigenvalue weighted by atomic mass is 10.1. The van der Waals surface area contributed by atoms with E-state index in [1.54, 1.807) is 23.4 Å². The van der Waals surface area contributed by atoms with Crippen LogP contribution in [0.3, 0.4) is 0 Å². The van der Waals surface area contributed by atoms with Gasteiger partial charge in [0.1, 0.15) is 36.9 Å². The van der Waals surface area contributed by atoms with Crippen LogP contribution in [0.15, 0.2) is 55.5 Å². The van der Waals surface area contributed by atoms with Crippen molar-refractivity contribution >= 4 is 22.6 Å². The average Bonchev–Trinajstić information content (AvgIpc) is 3.46. The van der Waals surface area contributed by atoms with E-state index in [9.17, 15) is 4.79 Å². The zero-order valence-electron chi connectivity index (χ0n) is 16.8. The van der Waals surface area contributed by atoms with E-state index >= 15 is 0 Å². The van der Waals surface area contributed by atoms with Crippen molar-refractivity contribution in [2.75, 3.05) is 18.0 Å². The number of nitrogens with zero attached hydrogens (tertiary/aromatic N) is 7. The lowest BCUT2D eigenvalue weighted by Crippen LogP contribution is -2.38. The van der Waals surface area contributed by atoms with Gasteiger partial charge < -0.3 is 19.9 Å². The molecule has 10 heteroatoms. The van der Waals surface area contributed by atoms with E-state index < -0.39 is 0 Å². The molecule has 0 bridgehead atoms. The molecule has 4 aromatic rings. The molecule has 0 radical (unpaired) electrons. The van der Waals surface area contributed by atoms with Gasteiger partial charge in [0.05, 0.1) is 17.9 Å². The van der Waals surface area contributed by atoms with Gasteiger partial charge in [0.15, 0.2) is 5.82 Å². The second-order valence-corrected chi connectivity index (χ2v) is 7.48. The number of hydrogen-bond donors (Lipinski definition) is 1. The molecule has 0 spiro atoms. The van der Waals surface area contributed by atoms with Gasteiger partial charge in [0, 0.05) is 37.5 Å². The molecular formula is C21H22N8O2. The van der Waals surface area contributed by atoms with Crippen LogP contribution in [0.2, 0.25) is 0 Å². The quantitative estimate of drug-likeness (QED) is 0.505. The zero-order chi connectivity index (χ0) is 21.2. The summed E-state index contributed by atoms with van der Waals surface area (Å²) in [5.41, 5.74) is 6.29. The van der Waals surface area contributed by atoms with Crippen LogP contribution in [0.5, 0.6) is 5.75 Å². The number of aromatic nitrogens is 6. The summed E-state index contributed by atoms with van der Waals surface area (Å²) in [6.07, 6.45) is 10.2. The first-order valence-corrected chi connectivity index (χ1v) is 10.1. The van der Waals surface area contributed by atoms with Crippen LogP contribution < -0.4 is 15.4 Å². The van der Waals surface area contributed by atoms with E-state index in [1.165, 1.54) is 6.33 Å². The third kappa shape index (κ3) is 3.91. The predicted molar refractivity (Wildman–Crippen MR) is 114 cm³/mol. The lowest BCUT2D eigenvalue weighted by molar-refractivity contribution is -0.118. The fourth-order valence-corrected chi connectivity index (χ4v) is 3.92. The number of nitrogens with two attached hydrogens (primary N) is 1. The number of amides is 1. The Bertz CT molecular complexity index is 1200. The van der Waals surface area contributed by atoms with Crippen molar-refractivity contribution in [2.45, 2.75) is 25.5 Å². The molecule has 158 valence electrons. The summed E-state index contributed by atoms with van der Waals surface area (Å²) in [7, 11) is 0. The largest absolute Gasteiger partial charge is 0.490 e. The molecule has 1 aromatic carbocycles. The number of fused-ring (bicyclic) bond motifs is 1. The number of primary amides is 1. The summed E-state index contributed by atoms with van der Waals surface area (Å²) in [5.74, 6) is 1.91. The standard InChI is InChI=1S/C21H22N8O2/c22-19(30)12-28-9-6-16-17(28)2-1-3-18(16)31-15-4-7-27(8-5-15)20-10-23-11-21(26-20)29-14-24-13-25-29/h1-3,6,9-11,13-15H,4-5,7-8,12H2,(H2,22,30). The highest BCUT2D eigenvalue weighted by molar-refractivity contribution is 5.87. The van der Waals surface area contributed by atoms with Gasteiger partial charge in [-0.2, -0.15) is 5.10 Å². The van der Waals surface area contributed by atoms with E-state index in [0.717, 1.165) is 48.4 Å². The SMILES string of the molecule is NC(=O)Cn1ccc2c(OC3CCN(c4cncc(-n5cncn5)n4)CC3)cccc21. The molecule has 3 aromatic heterocycles. The highest BCUT2D eigenvalue weighted by Crippen LogP contribution is 2.29. The Hall–Kier alpha value is -3.95. The third-order valence-electron chi connectivity index (χ3n) is 5.42. The van der Waals surface area contributed by atoms with Gasteiger partial charge in [-0.25, -0.2) is 14.6 Å². The third-order valence-corrected chi connectivity index (χ3v) is 5.42. The van der Waals surface area contributed by atoms with Crippen LogP contribution in [0, 0.1) is 0 Å². The first kappa shape index (κ1) is 19.0. The van der Waals surface area contributed by atoms with Crippen molar-refractivity contribution in [3.05, 3.63) is 55.5 Å². The average molecular weight is 418 g/mol. The van der Waals surface area contributed by atoms with Crippen LogP contribution in [-0.2, 0) is 11.3 Å². The number of piperidine rings is 1. The Morgan fingerprint density at radius 3 is 2.74 bits per heavy atom. The predicted octanol–water partition coefficient (Wildman–Crippen LogP) is 1.55. The lowest BCUT2D eigenvalue weighted by Gasteiger charge is -2.33. The van der Waals surface area contributed by atoms with Crippen molar-refractivity contribution in [1.29, 1.82) is 0 Å². The van der Waals surface area contributed by atoms with E-state index in [0.29, 0.717) is 5.82 Å². The number of carbonyl (C=O) groups excluding carboxylic acids is 1. The molecule has 1 fully saturated rings. The summed E-state index contributed by atoms with van der Waals surface area (Å²) < 4.78 is 9.77. The van der Waals surface area contributed by atoms with Gasteiger partial charge >= 0.3 is 0 Å². The van der Waals surface area contributed by atoms with E-state index in [2.05, 4.69) is 25.0 Å². The first-order valence-electron chi connectivity index (χ1n) is 10.1. The Kier molecular flexibility index (Phi) is 4.95. The second kappa shape index (κ2) is 8.05. The van der Waals surface area contributed by atoms with Crippen molar-refractivity contribution in [2.24, 2.45) is 5.73 Å². The molecule has 1 saturated heterocycles. The summed E-state index contributed by atoms with van der Waals surface area (Å²) in [5, 5.41) is 5.10. The highest BCUT2D eigenvalue weighted by Gasteiger charge is 2.23. The molecule has 0 unspecified atom stereocenters. The molecule has 1 aliphatic heterocycles. The second-order valence-electron chi connectivity index (χ2n) is 7.48. The summed E-state index contributed by atoms with van der Waals surface area (Å²) in [6, 6.07) is 7.84. The van der Waals surface area contributed by atoms with E-state index in [1.807, 2.05) is 35.0 Å². The van der Waals surface area contributed by atoms with Crippen LogP contribution in [0.1, 0.15) is 12.8 Å². The molecule has 0 atom stereocenters. The van der Waals surface area contributed by atoms with Gasteiger partial charge in [-0.1, -0.05) is 6.07 Å². The number of rotatable bonds is 6. The van der Waals surface area contributed by atoms with Crippen LogP contribution in [0.25, 0.3) is 16.7 Å². The Morgan fingerprint density at radius 2 is 1.97 bits per heavy atom. The van der Waals surface area contributed by atoms with Crippen LogP contribution >= 0.6 is 0 Å². The smallest absolute Gasteiger partial charge is 0.237 e. The van der Waals surface area contributed by atoms with Gasteiger partial charge in [-0.3, -0.25) is 9.78 Å². The minimum atomic E-state index is -0.368. The first-order chi connectivity index (χ1) is 15.2. The topological polar surface area (TPSA) is 117 Å². The van der Waals surface area contributed by atoms with Gasteiger partial charge in [0.25, 0.3) is 0 Å². The van der Waals surface area contributed by atoms with Crippen molar-refractivity contribution in [3.8, 4) is 11.6 Å². The summed E-state index contributed by atoms with van der Waals surface area (Å²) in [4.78, 5) is 26.4. The maximum absolute atomic E-state index is 11.3. The molecule has 31 heavy (non-hydrogen) atoms. The van der Waals surface area contributed by atoms with Gasteiger partial charge in [-0.05, 0) is 18.2 Å². The number of anilines is 1. The Balaban J connectivity index is 1.26. The minimum absolute atomic E-state index is 0.104. The Labute approximate surface area is 178 Å². The maximum Gasteiger partial charge on any atom is 0.237 e. The van der Waals surface area contributed by atoms with Crippen molar-refractivity contribution < 1.29 is 9.53 Å². The van der Waals surface area contributed by atoms with Crippen LogP contribution in [0.4, 0.5) is 5.82 Å². The molecular weight excluding hydrogens is 396 g/mol. The number of benzene rings is 1. The molecule has 0 aliphatic carbocycles. The number of carbonyl (C=O) groups is 1. The molecule has 10 nitrogen and oxygen atoms in total. The fourth-order valence-electron chi connectivity index (χ4n) is 3.92. The van der Waals surface area contributed by atoms with Crippen molar-refractivity contribution in [3.63, 3.8) is 0 Å². The molecule has 5 rings (SSSR count). The normalized spacial score (nSPS) is 14.8. The molecule has 4 heterocycles. The molecule has 0 saturated carbocycles. The van der Waals surface area contributed by atoms with Crippen LogP contribution in [-0.4, -0.2) is 54.4 Å². The monoisotopic (exact) mass is 418 g/mol. The van der Waals surface area contributed by atoms with Gasteiger partial charge in [-0.15, -0.1) is 0 Å². The maximum atomic E-state index is 11.3. The van der Waals surface area contributed by atoms with Gasteiger partial charge in [0.2, 0.25) is 5.91 Å². The fraction of sp³-hybridized carbons (Fsp3) is 0.286. The summed E-state index contributed by atoms with van der Waals surface area (Å²) in [6.45, 7) is 1.79. The van der Waals surface area contributed by atoms with E-state index in [4.69, 9.17) is 10.5 Å². The molecule has 2 N–H and O–H groups in total. The molecule has 1 amide bonds. The number of hydrogen-bond acceptors (Lipinski definition) is 7. The number of ether oxygens (including phenoxy) is 1. The Morgan fingerprint density at radius 1 is 1.13 bits per heavy atom. The summed E-state index contributed by atoms with van der Waals surface area (Å²) >= 11 is 0. The van der Waals surface area contributed by atoms with E-state index in [-0.39, 0.29) is 18.6 Å². The highest BCUT2D eigenvalue weighted by atomic mass is 16.5.